The first-order valence-corrected chi connectivity index (χ1v) is 8.38. The highest BCUT2D eigenvalue weighted by molar-refractivity contribution is 14.1. The molecule has 1 aliphatic heterocycles. The van der Waals surface area contributed by atoms with Gasteiger partial charge < -0.3 is 9.47 Å². The first-order valence-electron chi connectivity index (χ1n) is 7.30. The summed E-state index contributed by atoms with van der Waals surface area (Å²) in [7, 11) is 0. The van der Waals surface area contributed by atoms with Gasteiger partial charge in [-0.05, 0) is 54.1 Å². The van der Waals surface area contributed by atoms with Gasteiger partial charge in [-0.2, -0.15) is 0 Å². The number of halogens is 1. The van der Waals surface area contributed by atoms with Gasteiger partial charge in [-0.1, -0.05) is 12.1 Å². The van der Waals surface area contributed by atoms with Crippen LogP contribution in [-0.4, -0.2) is 43.8 Å². The molecule has 1 aromatic rings. The molecule has 1 atom stereocenters. The third kappa shape index (κ3) is 4.17. The lowest BCUT2D eigenvalue weighted by atomic mass is 9.86. The number of benzene rings is 1. The van der Waals surface area contributed by atoms with Gasteiger partial charge in [0, 0.05) is 16.7 Å². The molecule has 0 radical (unpaired) electrons. The molecule has 0 N–H and O–H groups in total. The number of hydrogen-bond donors (Lipinski definition) is 0. The van der Waals surface area contributed by atoms with Crippen LogP contribution in [0.1, 0.15) is 25.8 Å². The third-order valence-electron chi connectivity index (χ3n) is 3.97. The summed E-state index contributed by atoms with van der Waals surface area (Å²) in [6.45, 7) is 7.48. The Hall–Kier alpha value is -0.660. The van der Waals surface area contributed by atoms with Crippen molar-refractivity contribution < 1.29 is 14.3 Å². The van der Waals surface area contributed by atoms with E-state index in [4.69, 9.17) is 9.47 Å². The number of ether oxygens (including phenoxy) is 2. The fourth-order valence-electron chi connectivity index (χ4n) is 2.76. The molecule has 1 fully saturated rings. The molecule has 116 valence electrons. The van der Waals surface area contributed by atoms with Crippen molar-refractivity contribution in [2.24, 2.45) is 0 Å². The Bertz CT molecular complexity index is 471. The highest BCUT2D eigenvalue weighted by Crippen LogP contribution is 2.33. The van der Waals surface area contributed by atoms with Crippen LogP contribution in [0.15, 0.2) is 24.3 Å². The molecular weight excluding hydrogens is 381 g/mol. The molecule has 0 amide bonds. The Morgan fingerprint density at radius 3 is 2.52 bits per heavy atom. The summed E-state index contributed by atoms with van der Waals surface area (Å²) in [5.74, 6) is -0.148. The van der Waals surface area contributed by atoms with Crippen molar-refractivity contribution in [3.8, 4) is 0 Å². The quantitative estimate of drug-likeness (QED) is 0.560. The number of carbonyl (C=O) groups excluding carboxylic acids is 1. The number of esters is 1. The van der Waals surface area contributed by atoms with Crippen LogP contribution >= 0.6 is 22.6 Å². The van der Waals surface area contributed by atoms with Crippen LogP contribution in [0, 0.1) is 3.57 Å². The Labute approximate surface area is 139 Å². The normalized spacial score (nSPS) is 19.0. The number of rotatable bonds is 5. The lowest BCUT2D eigenvalue weighted by Crippen LogP contribution is -2.50. The third-order valence-corrected chi connectivity index (χ3v) is 4.69. The number of hydrogen-bond acceptors (Lipinski definition) is 4. The summed E-state index contributed by atoms with van der Waals surface area (Å²) >= 11 is 2.29. The van der Waals surface area contributed by atoms with E-state index in [1.807, 2.05) is 6.92 Å². The fraction of sp³-hybridized carbons (Fsp3) is 0.562. The second-order valence-electron chi connectivity index (χ2n) is 5.36. The average Bonchev–Trinajstić information content (AvgIpc) is 2.49. The predicted molar refractivity (Wildman–Crippen MR) is 90.2 cm³/mol. The van der Waals surface area contributed by atoms with Crippen molar-refractivity contribution in [1.29, 1.82) is 0 Å². The molecule has 0 aliphatic carbocycles. The van der Waals surface area contributed by atoms with Crippen LogP contribution in [0.4, 0.5) is 0 Å². The Balaban J connectivity index is 2.27. The Morgan fingerprint density at radius 2 is 1.95 bits per heavy atom. The van der Waals surface area contributed by atoms with Gasteiger partial charge in [0.15, 0.2) is 0 Å². The van der Waals surface area contributed by atoms with E-state index in [1.165, 1.54) is 3.57 Å². The lowest BCUT2D eigenvalue weighted by molar-refractivity contribution is -0.147. The molecule has 0 aromatic heterocycles. The maximum Gasteiger partial charge on any atom is 0.307 e. The first-order chi connectivity index (χ1) is 10.1. The molecule has 0 spiro atoms. The van der Waals surface area contributed by atoms with Crippen LogP contribution in [-0.2, 0) is 19.8 Å². The zero-order valence-electron chi connectivity index (χ0n) is 12.6. The van der Waals surface area contributed by atoms with Crippen molar-refractivity contribution in [2.75, 3.05) is 32.9 Å². The fourth-order valence-corrected chi connectivity index (χ4v) is 3.11. The molecule has 4 nitrogen and oxygen atoms in total. The van der Waals surface area contributed by atoms with Crippen LogP contribution < -0.4 is 0 Å². The topological polar surface area (TPSA) is 38.8 Å². The van der Waals surface area contributed by atoms with E-state index in [0.717, 1.165) is 18.7 Å². The SMILES string of the molecule is CCOC(=O)CC(C)(c1ccc(I)cc1)N1CCOCC1. The van der Waals surface area contributed by atoms with Gasteiger partial charge >= 0.3 is 5.97 Å². The molecule has 1 unspecified atom stereocenters. The molecule has 1 aromatic carbocycles. The Kier molecular flexibility index (Phi) is 6.01. The van der Waals surface area contributed by atoms with E-state index in [0.29, 0.717) is 26.2 Å². The largest absolute Gasteiger partial charge is 0.466 e. The molecule has 2 rings (SSSR count). The van der Waals surface area contributed by atoms with Crippen LogP contribution in [0.5, 0.6) is 0 Å². The maximum absolute atomic E-state index is 12.1. The van der Waals surface area contributed by atoms with Crippen molar-refractivity contribution in [3.63, 3.8) is 0 Å². The van der Waals surface area contributed by atoms with Crippen LogP contribution in [0.2, 0.25) is 0 Å². The monoisotopic (exact) mass is 403 g/mol. The molecule has 0 bridgehead atoms. The molecule has 1 saturated heterocycles. The van der Waals surface area contributed by atoms with Gasteiger partial charge in [-0.3, -0.25) is 9.69 Å². The van der Waals surface area contributed by atoms with Gasteiger partial charge in [-0.15, -0.1) is 0 Å². The van der Waals surface area contributed by atoms with Gasteiger partial charge in [0.1, 0.15) is 0 Å². The van der Waals surface area contributed by atoms with Gasteiger partial charge in [0.05, 0.1) is 31.8 Å². The second-order valence-corrected chi connectivity index (χ2v) is 6.61. The Morgan fingerprint density at radius 1 is 1.33 bits per heavy atom. The zero-order chi connectivity index (χ0) is 15.3. The summed E-state index contributed by atoms with van der Waals surface area (Å²) < 4.78 is 11.8. The molecule has 21 heavy (non-hydrogen) atoms. The van der Waals surface area contributed by atoms with E-state index in [9.17, 15) is 4.79 Å². The van der Waals surface area contributed by atoms with Crippen molar-refractivity contribution in [1.82, 2.24) is 4.90 Å². The molecule has 0 saturated carbocycles. The molecule has 5 heteroatoms. The average molecular weight is 403 g/mol. The summed E-state index contributed by atoms with van der Waals surface area (Å²) in [4.78, 5) is 14.4. The van der Waals surface area contributed by atoms with E-state index in [1.54, 1.807) is 0 Å². The van der Waals surface area contributed by atoms with E-state index < -0.39 is 0 Å². The van der Waals surface area contributed by atoms with Crippen molar-refractivity contribution >= 4 is 28.6 Å². The molecule has 1 aliphatic rings. The van der Waals surface area contributed by atoms with Gasteiger partial charge in [0.2, 0.25) is 0 Å². The van der Waals surface area contributed by atoms with Crippen molar-refractivity contribution in [3.05, 3.63) is 33.4 Å². The summed E-state index contributed by atoms with van der Waals surface area (Å²) in [5.41, 5.74) is 0.804. The van der Waals surface area contributed by atoms with Crippen molar-refractivity contribution in [2.45, 2.75) is 25.8 Å². The first kappa shape index (κ1) is 16.7. The zero-order valence-corrected chi connectivity index (χ0v) is 14.8. The highest BCUT2D eigenvalue weighted by atomic mass is 127. The van der Waals surface area contributed by atoms with E-state index in [2.05, 4.69) is 58.7 Å². The summed E-state index contributed by atoms with van der Waals surface area (Å²) in [5, 5.41) is 0. The van der Waals surface area contributed by atoms with Crippen LogP contribution in [0.3, 0.4) is 0 Å². The molecule has 1 heterocycles. The van der Waals surface area contributed by atoms with E-state index in [-0.39, 0.29) is 11.5 Å². The summed E-state index contributed by atoms with van der Waals surface area (Å²) in [6, 6.07) is 8.38. The minimum Gasteiger partial charge on any atom is -0.466 e. The minimum absolute atomic E-state index is 0.148. The minimum atomic E-state index is -0.347. The lowest BCUT2D eigenvalue weighted by Gasteiger charge is -2.43. The standard InChI is InChI=1S/C16H22INO3/c1-3-21-15(19)12-16(2,18-8-10-20-11-9-18)13-4-6-14(17)7-5-13/h4-7H,3,8-12H2,1-2H3. The van der Waals surface area contributed by atoms with E-state index >= 15 is 0 Å². The maximum atomic E-state index is 12.1. The summed E-state index contributed by atoms with van der Waals surface area (Å²) in [6.07, 6.45) is 0.363. The number of nitrogens with zero attached hydrogens (tertiary/aromatic N) is 1. The number of carbonyl (C=O) groups is 1. The van der Waals surface area contributed by atoms with Crippen LogP contribution in [0.25, 0.3) is 0 Å². The van der Waals surface area contributed by atoms with Gasteiger partial charge in [0.25, 0.3) is 0 Å². The predicted octanol–water partition coefficient (Wildman–Crippen LogP) is 2.79. The highest BCUT2D eigenvalue weighted by Gasteiger charge is 2.37. The molecular formula is C16H22INO3. The number of morpholine rings is 1. The van der Waals surface area contributed by atoms with Gasteiger partial charge in [-0.25, -0.2) is 0 Å². The smallest absolute Gasteiger partial charge is 0.307 e. The second kappa shape index (κ2) is 7.56.